The van der Waals surface area contributed by atoms with Gasteiger partial charge in [0.05, 0.1) is 6.61 Å². The van der Waals surface area contributed by atoms with Crippen LogP contribution in [0.4, 0.5) is 4.79 Å². The first-order valence-corrected chi connectivity index (χ1v) is 9.59. The van der Waals surface area contributed by atoms with E-state index in [1.807, 2.05) is 13.8 Å². The van der Waals surface area contributed by atoms with Crippen LogP contribution < -0.4 is 0 Å². The van der Waals surface area contributed by atoms with Crippen molar-refractivity contribution < 1.29 is 14.3 Å². The van der Waals surface area contributed by atoms with Crippen molar-refractivity contribution in [3.05, 3.63) is 0 Å². The normalized spacial score (nSPS) is 20.8. The Balaban J connectivity index is 1.74. The molecule has 0 N–H and O–H groups in total. The molecule has 0 atom stereocenters. The van der Waals surface area contributed by atoms with Crippen molar-refractivity contribution >= 4 is 12.0 Å². The molecule has 0 aliphatic carbocycles. The van der Waals surface area contributed by atoms with Gasteiger partial charge < -0.3 is 14.5 Å². The van der Waals surface area contributed by atoms with E-state index in [1.54, 1.807) is 4.90 Å². The molecule has 0 aromatic rings. The SMILES string of the molecule is CC(C)COC(=O)N1CCC(C(=O)N2CCC(C(C)C)CC2)CC1. The molecule has 0 bridgehead atoms. The second-order valence-corrected chi connectivity index (χ2v) is 8.14. The summed E-state index contributed by atoms with van der Waals surface area (Å²) >= 11 is 0. The summed E-state index contributed by atoms with van der Waals surface area (Å²) in [5, 5.41) is 0. The number of ether oxygens (including phenoxy) is 1. The summed E-state index contributed by atoms with van der Waals surface area (Å²) in [7, 11) is 0. The average Bonchev–Trinajstić information content (AvgIpc) is 2.59. The highest BCUT2D eigenvalue weighted by atomic mass is 16.6. The van der Waals surface area contributed by atoms with E-state index in [9.17, 15) is 9.59 Å². The zero-order valence-corrected chi connectivity index (χ0v) is 15.8. The van der Waals surface area contributed by atoms with Crippen molar-refractivity contribution in [2.24, 2.45) is 23.7 Å². The number of piperidine rings is 2. The minimum absolute atomic E-state index is 0.0785. The van der Waals surface area contributed by atoms with E-state index in [2.05, 4.69) is 18.7 Å². The van der Waals surface area contributed by atoms with Crippen LogP contribution >= 0.6 is 0 Å². The van der Waals surface area contributed by atoms with Crippen LogP contribution in [0.3, 0.4) is 0 Å². The van der Waals surface area contributed by atoms with E-state index in [0.717, 1.165) is 44.7 Å². The molecule has 24 heavy (non-hydrogen) atoms. The molecule has 2 aliphatic rings. The van der Waals surface area contributed by atoms with Crippen molar-refractivity contribution in [3.63, 3.8) is 0 Å². The van der Waals surface area contributed by atoms with Crippen molar-refractivity contribution in [2.75, 3.05) is 32.8 Å². The van der Waals surface area contributed by atoms with Crippen molar-refractivity contribution in [2.45, 2.75) is 53.4 Å². The molecule has 0 radical (unpaired) electrons. The minimum Gasteiger partial charge on any atom is -0.449 e. The van der Waals surface area contributed by atoms with Gasteiger partial charge in [0.15, 0.2) is 0 Å². The zero-order chi connectivity index (χ0) is 17.7. The van der Waals surface area contributed by atoms with E-state index < -0.39 is 0 Å². The summed E-state index contributed by atoms with van der Waals surface area (Å²) < 4.78 is 5.28. The van der Waals surface area contributed by atoms with E-state index in [0.29, 0.717) is 37.4 Å². The van der Waals surface area contributed by atoms with Crippen LogP contribution in [0.15, 0.2) is 0 Å². The van der Waals surface area contributed by atoms with E-state index in [1.165, 1.54) is 0 Å². The summed E-state index contributed by atoms with van der Waals surface area (Å²) in [5.74, 6) is 2.19. The van der Waals surface area contributed by atoms with E-state index in [-0.39, 0.29) is 12.0 Å². The quantitative estimate of drug-likeness (QED) is 0.789. The van der Waals surface area contributed by atoms with Gasteiger partial charge in [0.2, 0.25) is 5.91 Å². The van der Waals surface area contributed by atoms with Crippen LogP contribution in [0.1, 0.15) is 53.4 Å². The number of likely N-dealkylation sites (tertiary alicyclic amines) is 2. The summed E-state index contributed by atoms with van der Waals surface area (Å²) in [6, 6.07) is 0. The Labute approximate surface area is 146 Å². The molecular weight excluding hydrogens is 304 g/mol. The van der Waals surface area contributed by atoms with Crippen LogP contribution in [0, 0.1) is 23.7 Å². The monoisotopic (exact) mass is 338 g/mol. The van der Waals surface area contributed by atoms with Crippen LogP contribution in [-0.2, 0) is 9.53 Å². The molecular formula is C19H34N2O3. The molecule has 5 heteroatoms. The van der Waals surface area contributed by atoms with Gasteiger partial charge in [0.25, 0.3) is 0 Å². The smallest absolute Gasteiger partial charge is 0.409 e. The predicted octanol–water partition coefficient (Wildman–Crippen LogP) is 3.39. The Morgan fingerprint density at radius 3 is 1.96 bits per heavy atom. The Hall–Kier alpha value is -1.26. The summed E-state index contributed by atoms with van der Waals surface area (Å²) in [4.78, 5) is 28.5. The number of carbonyl (C=O) groups excluding carboxylic acids is 2. The van der Waals surface area contributed by atoms with E-state index in [4.69, 9.17) is 4.74 Å². The van der Waals surface area contributed by atoms with Gasteiger partial charge in [-0.25, -0.2) is 4.79 Å². The maximum atomic E-state index is 12.7. The first-order chi connectivity index (χ1) is 11.4. The van der Waals surface area contributed by atoms with Crippen molar-refractivity contribution in [1.29, 1.82) is 0 Å². The third-order valence-corrected chi connectivity index (χ3v) is 5.44. The molecule has 2 rings (SSSR count). The molecule has 0 unspecified atom stereocenters. The Morgan fingerprint density at radius 2 is 1.46 bits per heavy atom. The maximum absolute atomic E-state index is 12.7. The highest BCUT2D eigenvalue weighted by molar-refractivity contribution is 5.79. The highest BCUT2D eigenvalue weighted by Crippen LogP contribution is 2.27. The third-order valence-electron chi connectivity index (χ3n) is 5.44. The molecule has 2 saturated heterocycles. The number of nitrogens with zero attached hydrogens (tertiary/aromatic N) is 2. The minimum atomic E-state index is -0.229. The van der Waals surface area contributed by atoms with Crippen LogP contribution in [0.2, 0.25) is 0 Å². The molecule has 5 nitrogen and oxygen atoms in total. The van der Waals surface area contributed by atoms with Crippen molar-refractivity contribution in [1.82, 2.24) is 9.80 Å². The fourth-order valence-electron chi connectivity index (χ4n) is 3.68. The molecule has 0 aromatic carbocycles. The van der Waals surface area contributed by atoms with Gasteiger partial charge >= 0.3 is 6.09 Å². The average molecular weight is 338 g/mol. The summed E-state index contributed by atoms with van der Waals surface area (Å²) in [6.45, 7) is 12.1. The van der Waals surface area contributed by atoms with Crippen LogP contribution in [-0.4, -0.2) is 54.6 Å². The van der Waals surface area contributed by atoms with Crippen LogP contribution in [0.25, 0.3) is 0 Å². The largest absolute Gasteiger partial charge is 0.449 e. The molecule has 0 saturated carbocycles. The van der Waals surface area contributed by atoms with E-state index >= 15 is 0 Å². The van der Waals surface area contributed by atoms with Gasteiger partial charge in [0, 0.05) is 32.1 Å². The summed E-state index contributed by atoms with van der Waals surface area (Å²) in [5.41, 5.74) is 0. The lowest BCUT2D eigenvalue weighted by molar-refractivity contribution is -0.138. The Kier molecular flexibility index (Phi) is 6.93. The topological polar surface area (TPSA) is 49.9 Å². The standard InChI is InChI=1S/C19H34N2O3/c1-14(2)13-24-19(23)21-11-7-17(8-12-21)18(22)20-9-5-16(6-10-20)15(3)4/h14-17H,5-13H2,1-4H3. The van der Waals surface area contributed by atoms with Gasteiger partial charge in [-0.15, -0.1) is 0 Å². The lowest BCUT2D eigenvalue weighted by Gasteiger charge is -2.38. The molecule has 2 amide bonds. The number of carbonyl (C=O) groups is 2. The van der Waals surface area contributed by atoms with Crippen LogP contribution in [0.5, 0.6) is 0 Å². The lowest BCUT2D eigenvalue weighted by atomic mass is 9.86. The second kappa shape index (κ2) is 8.72. The fraction of sp³-hybridized carbons (Fsp3) is 0.895. The zero-order valence-electron chi connectivity index (χ0n) is 15.8. The molecule has 0 aromatic heterocycles. The van der Waals surface area contributed by atoms with Gasteiger partial charge in [0.1, 0.15) is 0 Å². The van der Waals surface area contributed by atoms with Gasteiger partial charge in [-0.05, 0) is 43.4 Å². The van der Waals surface area contributed by atoms with Crippen molar-refractivity contribution in [3.8, 4) is 0 Å². The summed E-state index contributed by atoms with van der Waals surface area (Å²) in [6.07, 6.45) is 3.56. The van der Waals surface area contributed by atoms with Gasteiger partial charge in [-0.3, -0.25) is 4.79 Å². The number of hydrogen-bond donors (Lipinski definition) is 0. The Morgan fingerprint density at radius 1 is 0.917 bits per heavy atom. The first-order valence-electron chi connectivity index (χ1n) is 9.59. The van der Waals surface area contributed by atoms with Gasteiger partial charge in [-0.1, -0.05) is 27.7 Å². The second-order valence-electron chi connectivity index (χ2n) is 8.14. The maximum Gasteiger partial charge on any atom is 0.409 e. The third kappa shape index (κ3) is 5.12. The highest BCUT2D eigenvalue weighted by Gasteiger charge is 2.32. The number of amides is 2. The number of rotatable bonds is 4. The molecule has 2 fully saturated rings. The molecule has 0 spiro atoms. The van der Waals surface area contributed by atoms with Gasteiger partial charge in [-0.2, -0.15) is 0 Å². The molecule has 2 heterocycles. The number of hydrogen-bond acceptors (Lipinski definition) is 3. The first kappa shape index (κ1) is 19.1. The lowest BCUT2D eigenvalue weighted by Crippen LogP contribution is -2.47. The Bertz CT molecular complexity index is 420. The fourth-order valence-corrected chi connectivity index (χ4v) is 3.68. The predicted molar refractivity (Wildman–Crippen MR) is 94.6 cm³/mol. The molecule has 2 aliphatic heterocycles. The molecule has 138 valence electrons.